The van der Waals surface area contributed by atoms with Gasteiger partial charge < -0.3 is 10.1 Å². The minimum atomic E-state index is 0.305. The predicted octanol–water partition coefficient (Wildman–Crippen LogP) is 2.72. The topological polar surface area (TPSA) is 21.3 Å². The molecule has 1 aromatic rings. The molecule has 0 saturated carbocycles. The van der Waals surface area contributed by atoms with Crippen molar-refractivity contribution in [2.45, 2.75) is 32.3 Å². The molecule has 0 aliphatic rings. The molecule has 0 bridgehead atoms. The normalized spacial score (nSPS) is 14.8. The van der Waals surface area contributed by atoms with Crippen LogP contribution in [0.5, 0.6) is 0 Å². The van der Waals surface area contributed by atoms with Crippen LogP contribution in [0.4, 0.5) is 0 Å². The number of aryl methyl sites for hydroxylation is 1. The van der Waals surface area contributed by atoms with Crippen LogP contribution in [0.3, 0.4) is 0 Å². The molecule has 0 spiro atoms. The highest BCUT2D eigenvalue weighted by atomic mass is 16.5. The lowest BCUT2D eigenvalue weighted by atomic mass is 9.92. The van der Waals surface area contributed by atoms with Gasteiger partial charge in [-0.3, -0.25) is 0 Å². The molecule has 0 aliphatic carbocycles. The Morgan fingerprint density at radius 2 is 2.12 bits per heavy atom. The van der Waals surface area contributed by atoms with Crippen molar-refractivity contribution in [1.29, 1.82) is 0 Å². The summed E-state index contributed by atoms with van der Waals surface area (Å²) in [5.41, 5.74) is 2.72. The van der Waals surface area contributed by atoms with Gasteiger partial charge in [0.05, 0.1) is 6.10 Å². The van der Waals surface area contributed by atoms with Gasteiger partial charge in [-0.15, -0.1) is 0 Å². The summed E-state index contributed by atoms with van der Waals surface area (Å²) in [5, 5.41) is 3.26. The van der Waals surface area contributed by atoms with E-state index in [-0.39, 0.29) is 0 Å². The van der Waals surface area contributed by atoms with Crippen LogP contribution < -0.4 is 5.32 Å². The Morgan fingerprint density at radius 1 is 1.38 bits per heavy atom. The first-order valence-electron chi connectivity index (χ1n) is 5.91. The first-order chi connectivity index (χ1) is 7.67. The van der Waals surface area contributed by atoms with E-state index in [2.05, 4.69) is 43.4 Å². The van der Waals surface area contributed by atoms with Crippen molar-refractivity contribution in [2.75, 3.05) is 20.7 Å². The van der Waals surface area contributed by atoms with Gasteiger partial charge in [-0.2, -0.15) is 0 Å². The molecule has 16 heavy (non-hydrogen) atoms. The van der Waals surface area contributed by atoms with Crippen LogP contribution in [0, 0.1) is 6.92 Å². The van der Waals surface area contributed by atoms with Crippen molar-refractivity contribution in [1.82, 2.24) is 5.32 Å². The molecule has 0 aliphatic heterocycles. The highest BCUT2D eigenvalue weighted by Crippen LogP contribution is 2.22. The van der Waals surface area contributed by atoms with Crippen LogP contribution in [0.25, 0.3) is 0 Å². The van der Waals surface area contributed by atoms with Gasteiger partial charge in [0.2, 0.25) is 0 Å². The summed E-state index contributed by atoms with van der Waals surface area (Å²) in [6.07, 6.45) is 1.36. The van der Waals surface area contributed by atoms with Crippen molar-refractivity contribution in [3.8, 4) is 0 Å². The van der Waals surface area contributed by atoms with E-state index in [1.165, 1.54) is 11.1 Å². The molecular weight excluding hydrogens is 198 g/mol. The molecule has 1 rings (SSSR count). The summed E-state index contributed by atoms with van der Waals surface area (Å²) in [7, 11) is 3.78. The molecule has 1 aromatic carbocycles. The maximum atomic E-state index is 5.35. The zero-order valence-corrected chi connectivity index (χ0v) is 10.8. The second-order valence-corrected chi connectivity index (χ2v) is 4.45. The van der Waals surface area contributed by atoms with Crippen molar-refractivity contribution < 1.29 is 4.74 Å². The van der Waals surface area contributed by atoms with Crippen molar-refractivity contribution in [3.63, 3.8) is 0 Å². The van der Waals surface area contributed by atoms with Crippen molar-refractivity contribution >= 4 is 0 Å². The average Bonchev–Trinajstić information content (AvgIpc) is 2.28. The number of hydrogen-bond donors (Lipinski definition) is 1. The van der Waals surface area contributed by atoms with Gasteiger partial charge in [-0.25, -0.2) is 0 Å². The second kappa shape index (κ2) is 6.66. The van der Waals surface area contributed by atoms with E-state index in [9.17, 15) is 0 Å². The molecule has 2 nitrogen and oxygen atoms in total. The summed E-state index contributed by atoms with van der Waals surface area (Å²) in [5.74, 6) is 0.528. The largest absolute Gasteiger partial charge is 0.382 e. The highest BCUT2D eigenvalue weighted by Gasteiger charge is 2.14. The maximum Gasteiger partial charge on any atom is 0.0549 e. The zero-order chi connectivity index (χ0) is 12.0. The Kier molecular flexibility index (Phi) is 5.50. The van der Waals surface area contributed by atoms with Gasteiger partial charge in [-0.1, -0.05) is 29.8 Å². The minimum Gasteiger partial charge on any atom is -0.382 e. The molecular formula is C14H23NO. The molecule has 2 unspecified atom stereocenters. The summed E-state index contributed by atoms with van der Waals surface area (Å²) in [6.45, 7) is 5.26. The van der Waals surface area contributed by atoms with Crippen LogP contribution in [-0.4, -0.2) is 26.8 Å². The molecule has 0 fully saturated rings. The molecule has 0 aromatic heterocycles. The van der Waals surface area contributed by atoms with E-state index >= 15 is 0 Å². The fraction of sp³-hybridized carbons (Fsp3) is 0.571. The first kappa shape index (κ1) is 13.2. The van der Waals surface area contributed by atoms with Gasteiger partial charge in [0.1, 0.15) is 0 Å². The van der Waals surface area contributed by atoms with Gasteiger partial charge in [0, 0.05) is 13.7 Å². The van der Waals surface area contributed by atoms with Gasteiger partial charge in [0.25, 0.3) is 0 Å². The van der Waals surface area contributed by atoms with E-state index < -0.39 is 0 Å². The van der Waals surface area contributed by atoms with Crippen LogP contribution in [0.2, 0.25) is 0 Å². The lowest BCUT2D eigenvalue weighted by molar-refractivity contribution is 0.104. The standard InChI is InChI=1S/C14H23NO/c1-11-6-5-7-13(8-11)14(10-15-3)9-12(2)16-4/h5-8,12,14-15H,9-10H2,1-4H3. The number of methoxy groups -OCH3 is 1. The third kappa shape index (κ3) is 3.95. The highest BCUT2D eigenvalue weighted by molar-refractivity contribution is 5.25. The Morgan fingerprint density at radius 3 is 2.69 bits per heavy atom. The molecule has 0 heterocycles. The fourth-order valence-corrected chi connectivity index (χ4v) is 2.00. The molecule has 0 amide bonds. The fourth-order valence-electron chi connectivity index (χ4n) is 2.00. The molecule has 0 saturated heterocycles. The van der Waals surface area contributed by atoms with Crippen LogP contribution >= 0.6 is 0 Å². The number of nitrogens with one attached hydrogen (secondary N) is 1. The number of benzene rings is 1. The lowest BCUT2D eigenvalue weighted by Gasteiger charge is -2.20. The average molecular weight is 221 g/mol. The SMILES string of the molecule is CNCC(CC(C)OC)c1cccc(C)c1. The van der Waals surface area contributed by atoms with Crippen LogP contribution in [-0.2, 0) is 4.74 Å². The van der Waals surface area contributed by atoms with Crippen LogP contribution in [0.15, 0.2) is 24.3 Å². The second-order valence-electron chi connectivity index (χ2n) is 4.45. The summed E-state index contributed by atoms with van der Waals surface area (Å²) in [6, 6.07) is 8.74. The third-order valence-electron chi connectivity index (χ3n) is 2.98. The molecule has 2 atom stereocenters. The monoisotopic (exact) mass is 221 g/mol. The number of likely N-dealkylation sites (N-methyl/N-ethyl adjacent to an activating group) is 1. The predicted molar refractivity (Wildman–Crippen MR) is 68.9 cm³/mol. The van der Waals surface area contributed by atoms with Crippen molar-refractivity contribution in [3.05, 3.63) is 35.4 Å². The molecule has 2 heteroatoms. The summed E-state index contributed by atoms with van der Waals surface area (Å²) >= 11 is 0. The third-order valence-corrected chi connectivity index (χ3v) is 2.98. The summed E-state index contributed by atoms with van der Waals surface area (Å²) < 4.78 is 5.35. The number of ether oxygens (including phenoxy) is 1. The van der Waals surface area contributed by atoms with E-state index in [4.69, 9.17) is 4.74 Å². The Hall–Kier alpha value is -0.860. The minimum absolute atomic E-state index is 0.305. The lowest BCUT2D eigenvalue weighted by Crippen LogP contribution is -2.21. The van der Waals surface area contributed by atoms with Crippen molar-refractivity contribution in [2.24, 2.45) is 0 Å². The smallest absolute Gasteiger partial charge is 0.0549 e. The van der Waals surface area contributed by atoms with Gasteiger partial charge in [-0.05, 0) is 38.8 Å². The van der Waals surface area contributed by atoms with E-state index in [0.29, 0.717) is 12.0 Å². The molecule has 1 N–H and O–H groups in total. The molecule has 0 radical (unpaired) electrons. The Bertz CT molecular complexity index is 311. The molecule has 90 valence electrons. The quantitative estimate of drug-likeness (QED) is 0.797. The Balaban J connectivity index is 2.76. The van der Waals surface area contributed by atoms with Gasteiger partial charge in [0.15, 0.2) is 0 Å². The first-order valence-corrected chi connectivity index (χ1v) is 5.91. The number of hydrogen-bond acceptors (Lipinski definition) is 2. The zero-order valence-electron chi connectivity index (χ0n) is 10.8. The Labute approximate surface area is 99.0 Å². The van der Waals surface area contributed by atoms with E-state index in [0.717, 1.165) is 13.0 Å². The van der Waals surface area contributed by atoms with E-state index in [1.54, 1.807) is 7.11 Å². The van der Waals surface area contributed by atoms with E-state index in [1.807, 2.05) is 7.05 Å². The van der Waals surface area contributed by atoms with Gasteiger partial charge >= 0.3 is 0 Å². The van der Waals surface area contributed by atoms with Crippen LogP contribution in [0.1, 0.15) is 30.4 Å². The summed E-state index contributed by atoms with van der Waals surface area (Å²) in [4.78, 5) is 0. The number of rotatable bonds is 6. The maximum absolute atomic E-state index is 5.35.